The van der Waals surface area contributed by atoms with Crippen LogP contribution in [-0.2, 0) is 6.42 Å². The number of hydrogen-bond donors (Lipinski definition) is 1. The van der Waals surface area contributed by atoms with Crippen molar-refractivity contribution in [2.24, 2.45) is 0 Å². The van der Waals surface area contributed by atoms with Crippen LogP contribution in [0.5, 0.6) is 0 Å². The first kappa shape index (κ1) is 9.92. The van der Waals surface area contributed by atoms with Crippen molar-refractivity contribution in [2.75, 3.05) is 7.05 Å². The Morgan fingerprint density at radius 2 is 2.40 bits per heavy atom. The molecule has 0 aliphatic rings. The van der Waals surface area contributed by atoms with Crippen LogP contribution in [0.4, 0.5) is 0 Å². The zero-order valence-corrected chi connectivity index (χ0v) is 8.73. The fourth-order valence-corrected chi connectivity index (χ4v) is 1.21. The van der Waals surface area contributed by atoms with E-state index >= 15 is 0 Å². The van der Waals surface area contributed by atoms with Crippen LogP contribution in [0.15, 0.2) is 27.3 Å². The minimum atomic E-state index is 0.326. The summed E-state index contributed by atoms with van der Waals surface area (Å²) in [5.74, 6) is 1.72. The van der Waals surface area contributed by atoms with Crippen molar-refractivity contribution in [3.8, 4) is 11.7 Å². The first-order valence-electron chi connectivity index (χ1n) is 4.83. The predicted octanol–water partition coefficient (Wildman–Crippen LogP) is 1.48. The van der Waals surface area contributed by atoms with Gasteiger partial charge in [-0.15, -0.1) is 0 Å². The van der Waals surface area contributed by atoms with Crippen molar-refractivity contribution in [2.45, 2.75) is 19.4 Å². The molecular formula is C10H13N3O2. The average Bonchev–Trinajstić information content (AvgIpc) is 2.85. The zero-order chi connectivity index (χ0) is 10.7. The average molecular weight is 207 g/mol. The van der Waals surface area contributed by atoms with Gasteiger partial charge in [-0.1, -0.05) is 5.16 Å². The minimum absolute atomic E-state index is 0.326. The molecule has 5 nitrogen and oxygen atoms in total. The van der Waals surface area contributed by atoms with Gasteiger partial charge in [0, 0.05) is 12.5 Å². The highest BCUT2D eigenvalue weighted by atomic mass is 16.5. The predicted molar refractivity (Wildman–Crippen MR) is 54.2 cm³/mol. The lowest BCUT2D eigenvalue weighted by molar-refractivity contribution is 0.406. The number of rotatable bonds is 4. The third kappa shape index (κ3) is 2.24. The monoisotopic (exact) mass is 207 g/mol. The lowest BCUT2D eigenvalue weighted by Gasteiger charge is -2.04. The molecular weight excluding hydrogens is 194 g/mol. The van der Waals surface area contributed by atoms with E-state index < -0.39 is 0 Å². The summed E-state index contributed by atoms with van der Waals surface area (Å²) in [5.41, 5.74) is 0. The standard InChI is InChI=1S/C10H13N3O2/c1-7(11-2)6-9-12-10(15-13-9)8-4-3-5-14-8/h3-5,7,11H,6H2,1-2H3. The molecule has 0 spiro atoms. The molecule has 80 valence electrons. The molecule has 15 heavy (non-hydrogen) atoms. The van der Waals surface area contributed by atoms with Crippen molar-refractivity contribution in [1.29, 1.82) is 0 Å². The van der Waals surface area contributed by atoms with Gasteiger partial charge in [-0.05, 0) is 26.1 Å². The summed E-state index contributed by atoms with van der Waals surface area (Å²) in [6, 6.07) is 3.90. The van der Waals surface area contributed by atoms with Gasteiger partial charge in [-0.3, -0.25) is 0 Å². The summed E-state index contributed by atoms with van der Waals surface area (Å²) in [6.45, 7) is 2.06. The lowest BCUT2D eigenvalue weighted by atomic mass is 10.2. The van der Waals surface area contributed by atoms with Gasteiger partial charge < -0.3 is 14.3 Å². The maximum atomic E-state index is 5.15. The van der Waals surface area contributed by atoms with Gasteiger partial charge in [-0.25, -0.2) is 0 Å². The Bertz CT molecular complexity index is 408. The van der Waals surface area contributed by atoms with E-state index in [0.29, 0.717) is 23.5 Å². The van der Waals surface area contributed by atoms with Crippen LogP contribution in [-0.4, -0.2) is 23.2 Å². The maximum Gasteiger partial charge on any atom is 0.293 e. The number of hydrogen-bond acceptors (Lipinski definition) is 5. The number of aromatic nitrogens is 2. The van der Waals surface area contributed by atoms with Gasteiger partial charge in [0.25, 0.3) is 5.89 Å². The molecule has 0 aliphatic carbocycles. The van der Waals surface area contributed by atoms with E-state index in [0.717, 1.165) is 6.42 Å². The van der Waals surface area contributed by atoms with Gasteiger partial charge >= 0.3 is 0 Å². The molecule has 5 heteroatoms. The molecule has 2 aromatic rings. The summed E-state index contributed by atoms with van der Waals surface area (Å²) < 4.78 is 10.2. The van der Waals surface area contributed by atoms with E-state index in [1.165, 1.54) is 0 Å². The molecule has 0 radical (unpaired) electrons. The van der Waals surface area contributed by atoms with Gasteiger partial charge in [0.2, 0.25) is 0 Å². The largest absolute Gasteiger partial charge is 0.459 e. The number of likely N-dealkylation sites (N-methyl/N-ethyl adjacent to an activating group) is 1. The highest BCUT2D eigenvalue weighted by Gasteiger charge is 2.12. The van der Waals surface area contributed by atoms with Crippen molar-refractivity contribution in [3.05, 3.63) is 24.2 Å². The molecule has 2 aromatic heterocycles. The number of nitrogens with one attached hydrogen (secondary N) is 1. The second-order valence-electron chi connectivity index (χ2n) is 3.39. The molecule has 1 unspecified atom stereocenters. The van der Waals surface area contributed by atoms with Gasteiger partial charge in [-0.2, -0.15) is 4.98 Å². The highest BCUT2D eigenvalue weighted by molar-refractivity contribution is 5.42. The molecule has 0 saturated heterocycles. The number of furan rings is 1. The van der Waals surface area contributed by atoms with E-state index in [2.05, 4.69) is 22.4 Å². The van der Waals surface area contributed by atoms with E-state index in [1.807, 2.05) is 7.05 Å². The van der Waals surface area contributed by atoms with E-state index in [1.54, 1.807) is 18.4 Å². The molecule has 0 saturated carbocycles. The highest BCUT2D eigenvalue weighted by Crippen LogP contribution is 2.17. The third-order valence-corrected chi connectivity index (χ3v) is 2.18. The van der Waals surface area contributed by atoms with Gasteiger partial charge in [0.15, 0.2) is 11.6 Å². The smallest absolute Gasteiger partial charge is 0.293 e. The van der Waals surface area contributed by atoms with E-state index in [9.17, 15) is 0 Å². The Morgan fingerprint density at radius 3 is 3.07 bits per heavy atom. The van der Waals surface area contributed by atoms with Crippen LogP contribution < -0.4 is 5.32 Å². The second-order valence-corrected chi connectivity index (χ2v) is 3.39. The molecule has 0 amide bonds. The fourth-order valence-electron chi connectivity index (χ4n) is 1.21. The summed E-state index contributed by atoms with van der Waals surface area (Å²) >= 11 is 0. The summed E-state index contributed by atoms with van der Waals surface area (Å²) in [7, 11) is 1.90. The Labute approximate surface area is 87.5 Å². The number of nitrogens with zero attached hydrogens (tertiary/aromatic N) is 2. The molecule has 0 aromatic carbocycles. The topological polar surface area (TPSA) is 64.1 Å². The van der Waals surface area contributed by atoms with Crippen LogP contribution >= 0.6 is 0 Å². The second kappa shape index (κ2) is 4.27. The Morgan fingerprint density at radius 1 is 1.53 bits per heavy atom. The molecule has 2 rings (SSSR count). The van der Waals surface area contributed by atoms with Crippen molar-refractivity contribution < 1.29 is 8.94 Å². The minimum Gasteiger partial charge on any atom is -0.459 e. The summed E-state index contributed by atoms with van der Waals surface area (Å²) in [6.07, 6.45) is 2.32. The van der Waals surface area contributed by atoms with Crippen LogP contribution in [0.1, 0.15) is 12.7 Å². The first-order valence-corrected chi connectivity index (χ1v) is 4.83. The molecule has 2 heterocycles. The molecule has 0 aliphatic heterocycles. The fraction of sp³-hybridized carbons (Fsp3) is 0.400. The van der Waals surface area contributed by atoms with Crippen LogP contribution in [0.2, 0.25) is 0 Å². The normalized spacial score (nSPS) is 12.9. The zero-order valence-electron chi connectivity index (χ0n) is 8.73. The van der Waals surface area contributed by atoms with E-state index in [4.69, 9.17) is 8.94 Å². The van der Waals surface area contributed by atoms with Crippen molar-refractivity contribution in [3.63, 3.8) is 0 Å². The van der Waals surface area contributed by atoms with Gasteiger partial charge in [0.05, 0.1) is 6.26 Å². The molecule has 0 fully saturated rings. The maximum absolute atomic E-state index is 5.15. The van der Waals surface area contributed by atoms with Crippen LogP contribution in [0.25, 0.3) is 11.7 Å². The molecule has 1 N–H and O–H groups in total. The third-order valence-electron chi connectivity index (χ3n) is 2.18. The Kier molecular flexibility index (Phi) is 2.82. The molecule has 1 atom stereocenters. The SMILES string of the molecule is CNC(C)Cc1noc(-c2ccco2)n1. The summed E-state index contributed by atoms with van der Waals surface area (Å²) in [5, 5.41) is 6.99. The van der Waals surface area contributed by atoms with E-state index in [-0.39, 0.29) is 0 Å². The Balaban J connectivity index is 2.11. The lowest BCUT2D eigenvalue weighted by Crippen LogP contribution is -2.24. The summed E-state index contributed by atoms with van der Waals surface area (Å²) in [4.78, 5) is 4.23. The quantitative estimate of drug-likeness (QED) is 0.822. The Hall–Kier alpha value is -1.62. The van der Waals surface area contributed by atoms with Crippen LogP contribution in [0.3, 0.4) is 0 Å². The first-order chi connectivity index (χ1) is 7.29. The van der Waals surface area contributed by atoms with Gasteiger partial charge in [0.1, 0.15) is 0 Å². The van der Waals surface area contributed by atoms with Crippen LogP contribution in [0, 0.1) is 0 Å². The molecule has 0 bridgehead atoms. The van der Waals surface area contributed by atoms with Crippen molar-refractivity contribution >= 4 is 0 Å². The van der Waals surface area contributed by atoms with Crippen molar-refractivity contribution in [1.82, 2.24) is 15.5 Å².